The maximum atomic E-state index is 13.4. The van der Waals surface area contributed by atoms with Gasteiger partial charge in [0.1, 0.15) is 11.4 Å². The number of Topliss-reactive ketones (excluding diaryl/α,β-unsaturated/α-hetero) is 1. The normalized spacial score (nSPS) is 16.2. The van der Waals surface area contributed by atoms with Crippen LogP contribution in [-0.4, -0.2) is 45.3 Å². The van der Waals surface area contributed by atoms with Gasteiger partial charge in [0.25, 0.3) is 0 Å². The van der Waals surface area contributed by atoms with Gasteiger partial charge in [-0.1, -0.05) is 0 Å². The Morgan fingerprint density at radius 3 is 2.65 bits per heavy atom. The number of hydrogen-bond acceptors (Lipinski definition) is 7. The number of carbonyl (C=O) groups is 3. The van der Waals surface area contributed by atoms with E-state index in [1.54, 1.807) is 48.8 Å². The van der Waals surface area contributed by atoms with Gasteiger partial charge < -0.3 is 30.6 Å². The minimum atomic E-state index is -0.453. The Hall–Kier alpha value is -5.19. The predicted octanol–water partition coefficient (Wildman–Crippen LogP) is 3.93. The molecule has 40 heavy (non-hydrogen) atoms. The monoisotopic (exact) mass is 537 g/mol. The van der Waals surface area contributed by atoms with Crippen LogP contribution in [0.25, 0.3) is 17.1 Å². The molecule has 0 aliphatic carbocycles. The van der Waals surface area contributed by atoms with Crippen molar-refractivity contribution in [3.8, 4) is 5.75 Å². The van der Waals surface area contributed by atoms with Crippen molar-refractivity contribution < 1.29 is 19.1 Å². The summed E-state index contributed by atoms with van der Waals surface area (Å²) < 4.78 is 7.86. The van der Waals surface area contributed by atoms with Crippen molar-refractivity contribution in [2.45, 2.75) is 12.8 Å². The Labute approximate surface area is 229 Å². The third kappa shape index (κ3) is 4.73. The number of nitrogens with two attached hydrogens (primary N) is 1. The second-order valence-corrected chi connectivity index (χ2v) is 9.86. The highest BCUT2D eigenvalue weighted by Gasteiger charge is 2.29. The Kier molecular flexibility index (Phi) is 6.39. The molecule has 1 saturated heterocycles. The zero-order valence-electron chi connectivity index (χ0n) is 21.8. The summed E-state index contributed by atoms with van der Waals surface area (Å²) in [5, 5.41) is 6.33. The van der Waals surface area contributed by atoms with Crippen LogP contribution in [0.1, 0.15) is 28.8 Å². The summed E-state index contributed by atoms with van der Waals surface area (Å²) in [6.45, 7) is 1.39. The fourth-order valence-corrected chi connectivity index (χ4v) is 5.24. The molecule has 0 atom stereocenters. The SMILES string of the molecule is Cn1cc(C=C2Oc3ccc(NC(=O)Nc4cccnc4)cc3C2=O)c2c(N3CCC(C(N)=O)CC3)ccnc21. The maximum absolute atomic E-state index is 13.4. The first-order valence-corrected chi connectivity index (χ1v) is 12.9. The Morgan fingerprint density at radius 1 is 1.10 bits per heavy atom. The van der Waals surface area contributed by atoms with Crippen molar-refractivity contribution in [1.29, 1.82) is 0 Å². The second-order valence-electron chi connectivity index (χ2n) is 9.86. The first kappa shape index (κ1) is 25.1. The van der Waals surface area contributed by atoms with Gasteiger partial charge >= 0.3 is 6.03 Å². The number of rotatable bonds is 5. The number of hydrogen-bond donors (Lipinski definition) is 3. The van der Waals surface area contributed by atoms with Gasteiger partial charge in [0.15, 0.2) is 5.76 Å². The van der Waals surface area contributed by atoms with Crippen molar-refractivity contribution in [3.05, 3.63) is 78.1 Å². The smallest absolute Gasteiger partial charge is 0.323 e. The van der Waals surface area contributed by atoms with Crippen LogP contribution >= 0.6 is 0 Å². The number of carbonyl (C=O) groups excluding carboxylic acids is 3. The number of aryl methyl sites for hydroxylation is 1. The number of anilines is 3. The van der Waals surface area contributed by atoms with Gasteiger partial charge in [-0.2, -0.15) is 0 Å². The maximum Gasteiger partial charge on any atom is 0.323 e. The molecule has 0 saturated carbocycles. The minimum absolute atomic E-state index is 0.116. The number of ether oxygens (including phenoxy) is 1. The number of ketones is 1. The zero-order chi connectivity index (χ0) is 27.8. The quantitative estimate of drug-likeness (QED) is 0.327. The third-order valence-electron chi connectivity index (χ3n) is 7.23. The molecule has 1 fully saturated rings. The van der Waals surface area contributed by atoms with E-state index in [1.165, 1.54) is 6.20 Å². The number of amides is 3. The highest BCUT2D eigenvalue weighted by molar-refractivity contribution is 6.16. The number of pyridine rings is 2. The van der Waals surface area contributed by atoms with Crippen molar-refractivity contribution >= 4 is 51.9 Å². The molecule has 3 amide bonds. The fourth-order valence-electron chi connectivity index (χ4n) is 5.24. The highest BCUT2D eigenvalue weighted by Crippen LogP contribution is 2.37. The largest absolute Gasteiger partial charge is 0.452 e. The van der Waals surface area contributed by atoms with Gasteiger partial charge in [0, 0.05) is 67.0 Å². The summed E-state index contributed by atoms with van der Waals surface area (Å²) in [4.78, 5) is 48.2. The number of nitrogens with one attached hydrogen (secondary N) is 2. The van der Waals surface area contributed by atoms with Gasteiger partial charge in [-0.3, -0.25) is 14.6 Å². The highest BCUT2D eigenvalue weighted by atomic mass is 16.5. The number of piperidine rings is 1. The van der Waals surface area contributed by atoms with Crippen molar-refractivity contribution in [1.82, 2.24) is 14.5 Å². The first-order chi connectivity index (χ1) is 19.4. The van der Waals surface area contributed by atoms with Gasteiger partial charge in [0.2, 0.25) is 11.7 Å². The van der Waals surface area contributed by atoms with Crippen LogP contribution in [0.3, 0.4) is 0 Å². The Morgan fingerprint density at radius 2 is 1.90 bits per heavy atom. The summed E-state index contributed by atoms with van der Waals surface area (Å²) in [5.74, 6) is -0.0531. The molecule has 2 aliphatic heterocycles. The number of allylic oxidation sites excluding steroid dienone is 1. The van der Waals surface area contributed by atoms with E-state index in [1.807, 2.05) is 23.9 Å². The van der Waals surface area contributed by atoms with E-state index in [0.717, 1.165) is 22.3 Å². The van der Waals surface area contributed by atoms with E-state index in [-0.39, 0.29) is 23.4 Å². The van der Waals surface area contributed by atoms with E-state index < -0.39 is 6.03 Å². The lowest BCUT2D eigenvalue weighted by Gasteiger charge is -2.32. The molecule has 0 radical (unpaired) electrons. The van der Waals surface area contributed by atoms with Crippen LogP contribution in [0.2, 0.25) is 0 Å². The number of aromatic nitrogens is 3. The lowest BCUT2D eigenvalue weighted by Crippen LogP contribution is -2.38. The Balaban J connectivity index is 1.25. The lowest BCUT2D eigenvalue weighted by atomic mass is 9.95. The molecule has 3 aromatic heterocycles. The van der Waals surface area contributed by atoms with Gasteiger partial charge in [-0.25, -0.2) is 9.78 Å². The van der Waals surface area contributed by atoms with Crippen LogP contribution in [-0.2, 0) is 11.8 Å². The summed E-state index contributed by atoms with van der Waals surface area (Å²) in [7, 11) is 1.90. The van der Waals surface area contributed by atoms with Gasteiger partial charge in [-0.05, 0) is 55.3 Å². The zero-order valence-corrected chi connectivity index (χ0v) is 21.8. The minimum Gasteiger partial charge on any atom is -0.452 e. The number of fused-ring (bicyclic) bond motifs is 2. The van der Waals surface area contributed by atoms with Crippen molar-refractivity contribution in [3.63, 3.8) is 0 Å². The number of benzene rings is 1. The van der Waals surface area contributed by atoms with Crippen molar-refractivity contribution in [2.75, 3.05) is 28.6 Å². The fraction of sp³-hybridized carbons (Fsp3) is 0.207. The lowest BCUT2D eigenvalue weighted by molar-refractivity contribution is -0.122. The van der Waals surface area contributed by atoms with Crippen molar-refractivity contribution in [2.24, 2.45) is 18.7 Å². The summed E-state index contributed by atoms with van der Waals surface area (Å²) in [6.07, 6.45) is 9.94. The van der Waals surface area contributed by atoms with Crippen LogP contribution in [0.5, 0.6) is 5.75 Å². The number of urea groups is 1. The molecule has 0 spiro atoms. The summed E-state index contributed by atoms with van der Waals surface area (Å²) in [6, 6.07) is 9.87. The molecular weight excluding hydrogens is 510 g/mol. The van der Waals surface area contributed by atoms with Crippen LogP contribution < -0.4 is 26.0 Å². The van der Waals surface area contributed by atoms with E-state index in [4.69, 9.17) is 10.5 Å². The molecule has 4 aromatic rings. The Bertz CT molecular complexity index is 1670. The van der Waals surface area contributed by atoms with E-state index >= 15 is 0 Å². The predicted molar refractivity (Wildman–Crippen MR) is 151 cm³/mol. The molecule has 202 valence electrons. The van der Waals surface area contributed by atoms with E-state index in [2.05, 4.69) is 25.5 Å². The third-order valence-corrected chi connectivity index (χ3v) is 7.23. The standard InChI is InChI=1S/C29H27N7O4/c1-35-16-18(25-22(6-10-32-28(25)35)36-11-7-17(8-12-36)27(30)38)13-24-26(37)21-14-19(4-5-23(21)40-24)33-29(39)34-20-3-2-9-31-15-20/h2-6,9-10,13-17H,7-8,11-12H2,1H3,(H2,30,38)(H2,33,34,39). The molecule has 0 unspecified atom stereocenters. The number of primary amides is 1. The second kappa shape index (κ2) is 10.2. The molecule has 1 aromatic carbocycles. The van der Waals surface area contributed by atoms with Crippen LogP contribution in [0.15, 0.2) is 66.9 Å². The van der Waals surface area contributed by atoms with Gasteiger partial charge in [-0.15, -0.1) is 0 Å². The molecule has 11 nitrogen and oxygen atoms in total. The summed E-state index contributed by atoms with van der Waals surface area (Å²) in [5.41, 5.74) is 9.43. The van der Waals surface area contributed by atoms with Gasteiger partial charge in [0.05, 0.1) is 17.4 Å². The topological polar surface area (TPSA) is 144 Å². The van der Waals surface area contributed by atoms with Crippen LogP contribution in [0, 0.1) is 5.92 Å². The molecular formula is C29H27N7O4. The molecule has 2 aliphatic rings. The van der Waals surface area contributed by atoms with Crippen LogP contribution in [0.4, 0.5) is 21.9 Å². The molecule has 11 heteroatoms. The van der Waals surface area contributed by atoms with E-state index in [0.29, 0.717) is 48.6 Å². The molecule has 6 rings (SSSR count). The number of nitrogens with zero attached hydrogens (tertiary/aromatic N) is 4. The average molecular weight is 538 g/mol. The molecule has 0 bridgehead atoms. The first-order valence-electron chi connectivity index (χ1n) is 12.9. The average Bonchev–Trinajstić information content (AvgIpc) is 3.44. The molecule has 4 N–H and O–H groups in total. The van der Waals surface area contributed by atoms with E-state index in [9.17, 15) is 14.4 Å². The molecule has 5 heterocycles. The summed E-state index contributed by atoms with van der Waals surface area (Å²) >= 11 is 0.